The maximum atomic E-state index is 12.7. The second-order valence-corrected chi connectivity index (χ2v) is 13.8. The number of phenols is 1. The summed E-state index contributed by atoms with van der Waals surface area (Å²) in [6.07, 6.45) is -4.80. The molecule has 3 aromatic rings. The predicted octanol–water partition coefficient (Wildman–Crippen LogP) is 1.05. The van der Waals surface area contributed by atoms with Crippen molar-refractivity contribution in [1.29, 1.82) is 0 Å². The fourth-order valence-corrected chi connectivity index (χ4v) is 8.85. The van der Waals surface area contributed by atoms with Crippen LogP contribution in [0.15, 0.2) is 42.5 Å². The zero-order chi connectivity index (χ0) is 36.0. The van der Waals surface area contributed by atoms with Gasteiger partial charge in [0.15, 0.2) is 23.3 Å². The molecule has 1 aliphatic carbocycles. The van der Waals surface area contributed by atoms with Gasteiger partial charge in [-0.05, 0) is 67.9 Å². The van der Waals surface area contributed by atoms with Crippen LogP contribution in [0.4, 0.5) is 0 Å². The van der Waals surface area contributed by atoms with Crippen molar-refractivity contribution in [1.82, 2.24) is 16.0 Å². The minimum Gasteiger partial charge on any atom is -0.508 e. The number of hydrogen-bond donors (Lipinski definition) is 8. The third kappa shape index (κ3) is 4.52. The highest BCUT2D eigenvalue weighted by molar-refractivity contribution is 5.81. The fraction of sp³-hybridized carbons (Fsp3) is 0.472. The summed E-state index contributed by atoms with van der Waals surface area (Å²) in [4.78, 5) is 12.7. The van der Waals surface area contributed by atoms with E-state index in [4.69, 9.17) is 28.4 Å². The number of likely N-dealkylation sites (N-methyl/N-ethyl adjacent to an activating group) is 1. The number of aliphatic carboxylic acids is 1. The Balaban J connectivity index is 1.27. The SMILES string of the molecule is CNC1CCC23COc4cc(OC5OC6(C(=O)O)C(NC)CNC(O)(C5O)C6O)cc(-c5cccc(O)c5)c4C2Oc2c(OC)c(OC)cc1c23. The van der Waals surface area contributed by atoms with Gasteiger partial charge in [-0.25, -0.2) is 4.79 Å². The first-order valence-corrected chi connectivity index (χ1v) is 16.8. The molecule has 5 aliphatic rings. The molecule has 15 nitrogen and oxygen atoms in total. The van der Waals surface area contributed by atoms with Gasteiger partial charge in [0.2, 0.25) is 17.6 Å². The molecule has 8 N–H and O–H groups in total. The summed E-state index contributed by atoms with van der Waals surface area (Å²) in [6.45, 7) is 0.108. The normalized spacial score (nSPS) is 34.3. The van der Waals surface area contributed by atoms with Crippen LogP contribution in [0.2, 0.25) is 0 Å². The number of aliphatic hydroxyl groups excluding tert-OH is 2. The van der Waals surface area contributed by atoms with Crippen LogP contribution >= 0.6 is 0 Å². The van der Waals surface area contributed by atoms with E-state index in [0.717, 1.165) is 24.0 Å². The summed E-state index contributed by atoms with van der Waals surface area (Å²) in [5, 5.41) is 63.6. The molecule has 0 amide bonds. The average molecular weight is 708 g/mol. The van der Waals surface area contributed by atoms with Crippen molar-refractivity contribution in [3.8, 4) is 45.6 Å². The molecule has 2 bridgehead atoms. The van der Waals surface area contributed by atoms with Crippen LogP contribution in [0.25, 0.3) is 11.1 Å². The quantitative estimate of drug-likeness (QED) is 0.165. The Morgan fingerprint density at radius 1 is 1.08 bits per heavy atom. The Morgan fingerprint density at radius 3 is 2.57 bits per heavy atom. The Kier molecular flexibility index (Phi) is 7.85. The molecule has 0 saturated carbocycles. The van der Waals surface area contributed by atoms with E-state index in [0.29, 0.717) is 39.7 Å². The summed E-state index contributed by atoms with van der Waals surface area (Å²) < 4.78 is 37.2. The van der Waals surface area contributed by atoms with E-state index in [1.54, 1.807) is 44.6 Å². The van der Waals surface area contributed by atoms with E-state index < -0.39 is 53.4 Å². The van der Waals surface area contributed by atoms with Crippen LogP contribution in [0.3, 0.4) is 0 Å². The predicted molar refractivity (Wildman–Crippen MR) is 178 cm³/mol. The summed E-state index contributed by atoms with van der Waals surface area (Å²) in [6, 6.07) is 10.9. The smallest absolute Gasteiger partial charge is 0.340 e. The topological polar surface area (TPSA) is 210 Å². The molecule has 2 fully saturated rings. The molecular formula is C36H41N3O12. The fourth-order valence-electron chi connectivity index (χ4n) is 8.85. The first kappa shape index (κ1) is 33.8. The minimum absolute atomic E-state index is 0.0144. The van der Waals surface area contributed by atoms with E-state index >= 15 is 0 Å². The Hall–Kier alpha value is -4.35. The molecule has 4 aliphatic heterocycles. The summed E-state index contributed by atoms with van der Waals surface area (Å²) in [7, 11) is 6.56. The molecule has 3 aromatic carbocycles. The van der Waals surface area contributed by atoms with Crippen LogP contribution in [-0.2, 0) is 14.9 Å². The summed E-state index contributed by atoms with van der Waals surface area (Å²) in [5.41, 5.74) is -1.61. The molecule has 8 rings (SSSR count). The number of nitrogens with one attached hydrogen (secondary N) is 3. The molecule has 0 aromatic heterocycles. The van der Waals surface area contributed by atoms with E-state index in [2.05, 4.69) is 16.0 Å². The second kappa shape index (κ2) is 11.8. The molecule has 272 valence electrons. The molecule has 1 spiro atoms. The minimum atomic E-state index is -2.48. The van der Waals surface area contributed by atoms with Crippen molar-refractivity contribution >= 4 is 5.97 Å². The van der Waals surface area contributed by atoms with Gasteiger partial charge < -0.3 is 64.6 Å². The maximum absolute atomic E-state index is 12.7. The van der Waals surface area contributed by atoms with Gasteiger partial charge in [-0.2, -0.15) is 0 Å². The summed E-state index contributed by atoms with van der Waals surface area (Å²) >= 11 is 0. The van der Waals surface area contributed by atoms with Gasteiger partial charge in [-0.15, -0.1) is 0 Å². The van der Waals surface area contributed by atoms with Crippen molar-refractivity contribution < 1.29 is 58.7 Å². The highest BCUT2D eigenvalue weighted by Gasteiger charge is 2.71. The molecule has 15 heteroatoms. The number of phenolic OH excluding ortho intramolecular Hbond substituents is 1. The molecule has 9 atom stereocenters. The Bertz CT molecular complexity index is 1910. The highest BCUT2D eigenvalue weighted by atomic mass is 16.7. The third-order valence-electron chi connectivity index (χ3n) is 11.4. The third-order valence-corrected chi connectivity index (χ3v) is 11.4. The molecule has 4 heterocycles. The maximum Gasteiger partial charge on any atom is 0.340 e. The number of carbonyl (C=O) groups is 1. The van der Waals surface area contributed by atoms with Crippen molar-refractivity contribution in [2.45, 2.75) is 66.3 Å². The Morgan fingerprint density at radius 2 is 1.88 bits per heavy atom. The zero-order valence-corrected chi connectivity index (χ0v) is 28.4. The van der Waals surface area contributed by atoms with Gasteiger partial charge in [-0.1, -0.05) is 12.1 Å². The molecule has 51 heavy (non-hydrogen) atoms. The standard InChI is InChI=1S/C36H41N3O12/c1-37-21-8-9-34-15-48-22-12-18(49-31-29(41)36(45)32(42)35(51-31,33(43)44)24(38-2)14-39-36)11-19(16-6-5-7-17(40)10-16)25(22)30(34)50-28-26(34)20(21)13-23(46-3)27(28)47-4/h5-7,10-13,21,24,29-32,37-42,45H,8-9,14-15H2,1-4H3,(H,43,44). The van der Waals surface area contributed by atoms with Gasteiger partial charge in [-0.3, -0.25) is 5.32 Å². The number of methoxy groups -OCH3 is 2. The zero-order valence-electron chi connectivity index (χ0n) is 28.4. The number of carboxylic acid groups (broad SMARTS) is 1. The number of aromatic hydroxyl groups is 1. The number of aliphatic hydroxyl groups is 3. The highest BCUT2D eigenvalue weighted by Crippen LogP contribution is 2.66. The summed E-state index contributed by atoms with van der Waals surface area (Å²) in [5.74, 6) is 0.529. The number of hydrogen-bond acceptors (Lipinski definition) is 14. The Labute approximate surface area is 293 Å². The first-order valence-electron chi connectivity index (χ1n) is 16.8. The lowest BCUT2D eigenvalue weighted by molar-refractivity contribution is -0.362. The van der Waals surface area contributed by atoms with Crippen molar-refractivity contribution in [3.63, 3.8) is 0 Å². The van der Waals surface area contributed by atoms with Crippen LogP contribution < -0.4 is 39.6 Å². The lowest BCUT2D eigenvalue weighted by atomic mass is 9.64. The average Bonchev–Trinajstić information content (AvgIpc) is 3.48. The lowest BCUT2D eigenvalue weighted by Gasteiger charge is -2.58. The number of fused-ring (bicyclic) bond motifs is 4. The van der Waals surface area contributed by atoms with Crippen LogP contribution in [-0.4, -0.2) is 109 Å². The first-order chi connectivity index (χ1) is 24.5. The van der Waals surface area contributed by atoms with Crippen molar-refractivity contribution in [2.24, 2.45) is 0 Å². The van der Waals surface area contributed by atoms with Gasteiger partial charge >= 0.3 is 5.97 Å². The number of benzene rings is 3. The molecule has 2 saturated heterocycles. The van der Waals surface area contributed by atoms with Gasteiger partial charge in [0.25, 0.3) is 0 Å². The van der Waals surface area contributed by atoms with Crippen LogP contribution in [0.5, 0.6) is 34.5 Å². The van der Waals surface area contributed by atoms with Crippen LogP contribution in [0, 0.1) is 0 Å². The number of carboxylic acids is 1. The van der Waals surface area contributed by atoms with Crippen molar-refractivity contribution in [2.75, 3.05) is 41.5 Å². The van der Waals surface area contributed by atoms with E-state index in [9.17, 15) is 30.3 Å². The van der Waals surface area contributed by atoms with E-state index in [1.165, 1.54) is 7.05 Å². The molecule has 9 unspecified atom stereocenters. The van der Waals surface area contributed by atoms with Gasteiger partial charge in [0.1, 0.15) is 36.1 Å². The molecule has 0 radical (unpaired) electrons. The van der Waals surface area contributed by atoms with Gasteiger partial charge in [0.05, 0.1) is 25.7 Å². The number of rotatable bonds is 8. The monoisotopic (exact) mass is 707 g/mol. The van der Waals surface area contributed by atoms with E-state index in [1.807, 2.05) is 19.2 Å². The van der Waals surface area contributed by atoms with Crippen molar-refractivity contribution in [3.05, 3.63) is 59.2 Å². The second-order valence-electron chi connectivity index (χ2n) is 13.8. The van der Waals surface area contributed by atoms with Crippen LogP contribution in [0.1, 0.15) is 41.7 Å². The number of piperidine rings is 1. The van der Waals surface area contributed by atoms with E-state index in [-0.39, 0.29) is 30.7 Å². The lowest BCUT2D eigenvalue weighted by Crippen LogP contribution is -2.87. The molecular weight excluding hydrogens is 666 g/mol. The largest absolute Gasteiger partial charge is 0.508 e. The van der Waals surface area contributed by atoms with Gasteiger partial charge in [0, 0.05) is 29.8 Å². The number of ether oxygens (including phenoxy) is 6.